The third-order valence-electron chi connectivity index (χ3n) is 3.57. The summed E-state index contributed by atoms with van der Waals surface area (Å²) < 4.78 is 0. The molecule has 1 amide bonds. The lowest BCUT2D eigenvalue weighted by Gasteiger charge is -2.16. The number of thiol groups is 1. The molecule has 1 atom stereocenters. The van der Waals surface area contributed by atoms with Crippen LogP contribution in [0.3, 0.4) is 0 Å². The number of carbonyl (C=O) groups excluding carboxylic acids is 1. The minimum atomic E-state index is -0.762. The maximum Gasteiger partial charge on any atom is 0.303 e. The monoisotopic (exact) mass is 293 g/mol. The predicted octanol–water partition coefficient (Wildman–Crippen LogP) is 2.38. The van der Waals surface area contributed by atoms with E-state index in [-0.39, 0.29) is 12.3 Å². The average molecular weight is 293 g/mol. The highest BCUT2D eigenvalue weighted by atomic mass is 32.1. The first kappa shape index (κ1) is 14.9. The molecular weight excluding hydrogens is 274 g/mol. The molecule has 1 heterocycles. The number of rotatable bonds is 6. The summed E-state index contributed by atoms with van der Waals surface area (Å²) in [5.74, 6) is 0.459. The maximum absolute atomic E-state index is 11.9. The van der Waals surface area contributed by atoms with Crippen LogP contribution in [0.1, 0.15) is 24.8 Å². The lowest BCUT2D eigenvalue weighted by atomic mass is 10.1. The van der Waals surface area contributed by atoms with E-state index in [4.69, 9.17) is 5.11 Å². The van der Waals surface area contributed by atoms with E-state index in [1.54, 1.807) is 0 Å². The fraction of sp³-hybridized carbons (Fsp3) is 0.467. The van der Waals surface area contributed by atoms with Crippen LogP contribution >= 0.6 is 12.6 Å². The van der Waals surface area contributed by atoms with Crippen molar-refractivity contribution >= 4 is 30.2 Å². The van der Waals surface area contributed by atoms with Crippen LogP contribution in [0.2, 0.25) is 0 Å². The molecule has 0 aliphatic carbocycles. The van der Waals surface area contributed by atoms with Crippen molar-refractivity contribution < 1.29 is 14.7 Å². The van der Waals surface area contributed by atoms with Crippen LogP contribution in [-0.4, -0.2) is 29.3 Å². The van der Waals surface area contributed by atoms with E-state index in [0.717, 1.165) is 30.0 Å². The molecule has 1 aromatic carbocycles. The second-order valence-electron chi connectivity index (χ2n) is 5.17. The molecule has 0 bridgehead atoms. The lowest BCUT2D eigenvalue weighted by molar-refractivity contribution is -0.137. The average Bonchev–Trinajstić information content (AvgIpc) is 2.80. The number of nitrogens with zero attached hydrogens (tertiary/aromatic N) is 1. The molecule has 5 heteroatoms. The SMILES string of the molecule is O=C(O)CCCc1ccc(N2CC(CS)CC2=O)cc1. The Labute approximate surface area is 124 Å². The first-order valence-corrected chi connectivity index (χ1v) is 7.45. The smallest absolute Gasteiger partial charge is 0.303 e. The molecule has 0 radical (unpaired) electrons. The zero-order valence-corrected chi connectivity index (χ0v) is 12.2. The summed E-state index contributed by atoms with van der Waals surface area (Å²) in [6, 6.07) is 7.82. The molecule has 108 valence electrons. The minimum absolute atomic E-state index is 0.155. The van der Waals surface area contributed by atoms with E-state index >= 15 is 0 Å². The van der Waals surface area contributed by atoms with Gasteiger partial charge in [0.1, 0.15) is 0 Å². The van der Waals surface area contributed by atoms with Gasteiger partial charge < -0.3 is 10.0 Å². The molecule has 1 aliphatic rings. The van der Waals surface area contributed by atoms with E-state index < -0.39 is 5.97 Å². The molecule has 1 fully saturated rings. The third-order valence-corrected chi connectivity index (χ3v) is 4.08. The van der Waals surface area contributed by atoms with Gasteiger partial charge in [-0.2, -0.15) is 12.6 Å². The van der Waals surface area contributed by atoms with Gasteiger partial charge in [0, 0.05) is 25.1 Å². The van der Waals surface area contributed by atoms with Crippen molar-refractivity contribution in [2.24, 2.45) is 5.92 Å². The predicted molar refractivity (Wildman–Crippen MR) is 81.3 cm³/mol. The van der Waals surface area contributed by atoms with Crippen molar-refractivity contribution in [1.29, 1.82) is 0 Å². The highest BCUT2D eigenvalue weighted by molar-refractivity contribution is 7.80. The number of aliphatic carboxylic acids is 1. The first-order chi connectivity index (χ1) is 9.60. The molecule has 0 saturated carbocycles. The molecule has 1 unspecified atom stereocenters. The van der Waals surface area contributed by atoms with Gasteiger partial charge >= 0.3 is 5.97 Å². The van der Waals surface area contributed by atoms with E-state index in [0.29, 0.717) is 18.8 Å². The summed E-state index contributed by atoms with van der Waals surface area (Å²) in [5, 5.41) is 8.61. The fourth-order valence-corrected chi connectivity index (χ4v) is 2.68. The standard InChI is InChI=1S/C15H19NO3S/c17-14-8-12(10-20)9-16(14)13-6-4-11(5-7-13)2-1-3-15(18)19/h4-7,12,20H,1-3,8-10H2,(H,18,19). The van der Waals surface area contributed by atoms with Gasteiger partial charge in [0.05, 0.1) is 0 Å². The van der Waals surface area contributed by atoms with Gasteiger partial charge in [-0.3, -0.25) is 9.59 Å². The summed E-state index contributed by atoms with van der Waals surface area (Å²) in [4.78, 5) is 24.2. The van der Waals surface area contributed by atoms with E-state index in [9.17, 15) is 9.59 Å². The van der Waals surface area contributed by atoms with Crippen LogP contribution in [0.25, 0.3) is 0 Å². The zero-order chi connectivity index (χ0) is 14.5. The van der Waals surface area contributed by atoms with E-state index in [1.807, 2.05) is 29.2 Å². The Hall–Kier alpha value is -1.49. The Morgan fingerprint density at radius 2 is 2.05 bits per heavy atom. The van der Waals surface area contributed by atoms with Crippen LogP contribution in [0.4, 0.5) is 5.69 Å². The van der Waals surface area contributed by atoms with Gasteiger partial charge in [-0.15, -0.1) is 0 Å². The molecule has 1 aliphatic heterocycles. The van der Waals surface area contributed by atoms with Crippen molar-refractivity contribution in [2.75, 3.05) is 17.2 Å². The summed E-state index contributed by atoms with van der Waals surface area (Å²) in [6.45, 7) is 0.737. The van der Waals surface area contributed by atoms with Crippen molar-refractivity contribution in [2.45, 2.75) is 25.7 Å². The van der Waals surface area contributed by atoms with Gasteiger partial charge in [0.2, 0.25) is 5.91 Å². The molecule has 4 nitrogen and oxygen atoms in total. The summed E-state index contributed by atoms with van der Waals surface area (Å²) in [7, 11) is 0. The molecule has 1 saturated heterocycles. The van der Waals surface area contributed by atoms with Gasteiger partial charge in [0.25, 0.3) is 0 Å². The number of amides is 1. The van der Waals surface area contributed by atoms with Crippen LogP contribution in [0.5, 0.6) is 0 Å². The maximum atomic E-state index is 11.9. The molecule has 1 N–H and O–H groups in total. The first-order valence-electron chi connectivity index (χ1n) is 6.82. The van der Waals surface area contributed by atoms with E-state index in [1.165, 1.54) is 0 Å². The lowest BCUT2D eigenvalue weighted by Crippen LogP contribution is -2.24. The van der Waals surface area contributed by atoms with Crippen molar-refractivity contribution in [1.82, 2.24) is 0 Å². The quantitative estimate of drug-likeness (QED) is 0.792. The molecule has 0 spiro atoms. The van der Waals surface area contributed by atoms with Crippen LogP contribution < -0.4 is 4.90 Å². The second-order valence-corrected chi connectivity index (χ2v) is 5.54. The Morgan fingerprint density at radius 1 is 1.35 bits per heavy atom. The Bertz CT molecular complexity index is 486. The summed E-state index contributed by atoms with van der Waals surface area (Å²) in [5.41, 5.74) is 2.02. The number of carboxylic acids is 1. The largest absolute Gasteiger partial charge is 0.481 e. The van der Waals surface area contributed by atoms with Crippen molar-refractivity contribution in [3.8, 4) is 0 Å². The highest BCUT2D eigenvalue weighted by Gasteiger charge is 2.29. The van der Waals surface area contributed by atoms with Crippen LogP contribution in [-0.2, 0) is 16.0 Å². The summed E-state index contributed by atoms with van der Waals surface area (Å²) in [6.07, 6.45) is 2.15. The summed E-state index contributed by atoms with van der Waals surface area (Å²) >= 11 is 4.25. The molecule has 20 heavy (non-hydrogen) atoms. The fourth-order valence-electron chi connectivity index (χ4n) is 2.44. The number of hydrogen-bond donors (Lipinski definition) is 2. The molecule has 1 aromatic rings. The molecular formula is C15H19NO3S. The number of carbonyl (C=O) groups is 2. The minimum Gasteiger partial charge on any atom is -0.481 e. The van der Waals surface area contributed by atoms with Crippen LogP contribution in [0.15, 0.2) is 24.3 Å². The van der Waals surface area contributed by atoms with Crippen molar-refractivity contribution in [3.63, 3.8) is 0 Å². The number of hydrogen-bond acceptors (Lipinski definition) is 3. The number of aryl methyl sites for hydroxylation is 1. The van der Waals surface area contributed by atoms with Gasteiger partial charge in [-0.1, -0.05) is 12.1 Å². The molecule has 2 rings (SSSR count). The van der Waals surface area contributed by atoms with Gasteiger partial charge in [0.15, 0.2) is 0 Å². The zero-order valence-electron chi connectivity index (χ0n) is 11.3. The normalized spacial score (nSPS) is 18.6. The number of benzene rings is 1. The van der Waals surface area contributed by atoms with Gasteiger partial charge in [-0.25, -0.2) is 0 Å². The Morgan fingerprint density at radius 3 is 2.60 bits per heavy atom. The third kappa shape index (κ3) is 3.76. The highest BCUT2D eigenvalue weighted by Crippen LogP contribution is 2.26. The van der Waals surface area contributed by atoms with E-state index in [2.05, 4.69) is 12.6 Å². The van der Waals surface area contributed by atoms with Crippen molar-refractivity contribution in [3.05, 3.63) is 29.8 Å². The Balaban J connectivity index is 1.94. The topological polar surface area (TPSA) is 57.6 Å². The molecule has 0 aromatic heterocycles. The van der Waals surface area contributed by atoms with Gasteiger partial charge in [-0.05, 0) is 42.2 Å². The number of carboxylic acid groups (broad SMARTS) is 1. The second kappa shape index (κ2) is 6.79. The number of anilines is 1. The Kier molecular flexibility index (Phi) is 5.06. The van der Waals surface area contributed by atoms with Crippen LogP contribution in [0, 0.1) is 5.92 Å².